The molecule has 0 unspecified atom stereocenters. The molecule has 3 aromatic rings. The summed E-state index contributed by atoms with van der Waals surface area (Å²) in [7, 11) is 0. The topological polar surface area (TPSA) is 57.5 Å². The second kappa shape index (κ2) is 6.21. The van der Waals surface area contributed by atoms with Crippen molar-refractivity contribution in [2.24, 2.45) is 0 Å². The maximum Gasteiger partial charge on any atom is 0.206 e. The highest BCUT2D eigenvalue weighted by molar-refractivity contribution is 7.17. The van der Waals surface area contributed by atoms with Crippen molar-refractivity contribution >= 4 is 17.1 Å². The summed E-state index contributed by atoms with van der Waals surface area (Å²) in [6, 6.07) is 6.75. The molecule has 0 aliphatic rings. The van der Waals surface area contributed by atoms with Gasteiger partial charge in [0.25, 0.3) is 0 Å². The van der Waals surface area contributed by atoms with Crippen LogP contribution in [-0.4, -0.2) is 16.0 Å². The van der Waals surface area contributed by atoms with E-state index >= 15 is 0 Å². The third kappa shape index (κ3) is 2.96. The molecule has 0 saturated heterocycles. The van der Waals surface area contributed by atoms with Gasteiger partial charge in [0.05, 0.1) is 10.4 Å². The highest BCUT2D eigenvalue weighted by atomic mass is 32.1. The summed E-state index contributed by atoms with van der Waals surface area (Å²) in [5.74, 6) is -8.80. The summed E-state index contributed by atoms with van der Waals surface area (Å²) in [5.41, 5.74) is -0.449. The van der Waals surface area contributed by atoms with Gasteiger partial charge in [0.1, 0.15) is 0 Å². The Morgan fingerprint density at radius 1 is 0.880 bits per heavy atom. The molecule has 3 rings (SSSR count). The fourth-order valence-electron chi connectivity index (χ4n) is 2.16. The van der Waals surface area contributed by atoms with Gasteiger partial charge < -0.3 is 10.2 Å². The maximum absolute atomic E-state index is 13.9. The summed E-state index contributed by atoms with van der Waals surface area (Å²) in [5, 5.41) is 18.4. The molecule has 0 fully saturated rings. The van der Waals surface area contributed by atoms with Crippen LogP contribution in [0.15, 0.2) is 36.4 Å². The predicted octanol–water partition coefficient (Wildman–Crippen LogP) is 4.61. The number of aromatic hydroxyl groups is 2. The van der Waals surface area contributed by atoms with E-state index < -0.39 is 46.1 Å². The Labute approximate surface area is 142 Å². The summed E-state index contributed by atoms with van der Waals surface area (Å²) < 4.78 is 53.7. The van der Waals surface area contributed by atoms with Gasteiger partial charge in [-0.3, -0.25) is 4.79 Å². The van der Waals surface area contributed by atoms with Crippen molar-refractivity contribution in [1.82, 2.24) is 0 Å². The normalized spacial score (nSPS) is 10.9. The number of phenols is 2. The van der Waals surface area contributed by atoms with Crippen molar-refractivity contribution in [2.75, 3.05) is 0 Å². The van der Waals surface area contributed by atoms with Crippen molar-refractivity contribution < 1.29 is 32.6 Å². The van der Waals surface area contributed by atoms with Crippen LogP contribution in [0.1, 0.15) is 15.2 Å². The minimum absolute atomic E-state index is 0.0206. The Bertz CT molecular complexity index is 998. The summed E-state index contributed by atoms with van der Waals surface area (Å²) >= 11 is 0.866. The number of hydrogen-bond acceptors (Lipinski definition) is 4. The highest BCUT2D eigenvalue weighted by Gasteiger charge is 2.24. The molecule has 0 aliphatic heterocycles. The lowest BCUT2D eigenvalue weighted by Gasteiger charge is -2.05. The number of phenolic OH excluding ortho intramolecular Hbond substituents is 2. The summed E-state index contributed by atoms with van der Waals surface area (Å²) in [4.78, 5) is 12.7. The molecule has 2 aromatic carbocycles. The monoisotopic (exact) mass is 368 g/mol. The van der Waals surface area contributed by atoms with Gasteiger partial charge in [-0.2, -0.15) is 4.39 Å². The van der Waals surface area contributed by atoms with Crippen molar-refractivity contribution in [3.8, 4) is 21.9 Å². The van der Waals surface area contributed by atoms with Gasteiger partial charge in [-0.25, -0.2) is 13.2 Å². The second-order valence-electron chi connectivity index (χ2n) is 5.04. The zero-order chi connectivity index (χ0) is 18.3. The fraction of sp³-hybridized carbons (Fsp3) is 0. The van der Waals surface area contributed by atoms with Crippen molar-refractivity contribution in [3.63, 3.8) is 0 Å². The molecule has 128 valence electrons. The van der Waals surface area contributed by atoms with Crippen LogP contribution in [0.5, 0.6) is 11.5 Å². The summed E-state index contributed by atoms with van der Waals surface area (Å²) in [6.07, 6.45) is 0. The fourth-order valence-corrected chi connectivity index (χ4v) is 3.12. The van der Waals surface area contributed by atoms with Gasteiger partial charge in [0.2, 0.25) is 11.6 Å². The number of hydrogen-bond donors (Lipinski definition) is 2. The van der Waals surface area contributed by atoms with Crippen molar-refractivity contribution in [3.05, 3.63) is 70.1 Å². The first-order valence-corrected chi connectivity index (χ1v) is 7.61. The largest absolute Gasteiger partial charge is 0.505 e. The molecule has 0 atom stereocenters. The van der Waals surface area contributed by atoms with E-state index in [1.54, 1.807) is 0 Å². The molecule has 3 nitrogen and oxygen atoms in total. The molecule has 0 bridgehead atoms. The Hall–Kier alpha value is -2.87. The molecular weight excluding hydrogens is 360 g/mol. The number of carbonyl (C=O) groups is 1. The average molecular weight is 368 g/mol. The Balaban J connectivity index is 2.00. The molecule has 0 saturated carbocycles. The zero-order valence-corrected chi connectivity index (χ0v) is 13.0. The first-order valence-electron chi connectivity index (χ1n) is 6.79. The van der Waals surface area contributed by atoms with Gasteiger partial charge >= 0.3 is 0 Å². The van der Waals surface area contributed by atoms with Crippen LogP contribution >= 0.6 is 11.3 Å². The first-order chi connectivity index (χ1) is 11.8. The van der Waals surface area contributed by atoms with Crippen LogP contribution in [-0.2, 0) is 0 Å². The van der Waals surface area contributed by atoms with E-state index in [0.29, 0.717) is 16.5 Å². The van der Waals surface area contributed by atoms with Crippen LogP contribution in [0.4, 0.5) is 17.6 Å². The predicted molar refractivity (Wildman–Crippen MR) is 82.8 cm³/mol. The number of halogens is 4. The Morgan fingerprint density at radius 3 is 2.28 bits per heavy atom. The van der Waals surface area contributed by atoms with Gasteiger partial charge in [-0.1, -0.05) is 0 Å². The second-order valence-corrected chi connectivity index (χ2v) is 6.13. The molecule has 0 spiro atoms. The molecule has 8 heteroatoms. The van der Waals surface area contributed by atoms with E-state index in [0.717, 1.165) is 23.5 Å². The third-order valence-corrected chi connectivity index (χ3v) is 4.57. The van der Waals surface area contributed by atoms with Gasteiger partial charge in [0.15, 0.2) is 29.0 Å². The van der Waals surface area contributed by atoms with Gasteiger partial charge in [0, 0.05) is 4.88 Å². The van der Waals surface area contributed by atoms with Crippen LogP contribution < -0.4 is 0 Å². The van der Waals surface area contributed by atoms with Gasteiger partial charge in [-0.15, -0.1) is 11.3 Å². The minimum Gasteiger partial charge on any atom is -0.505 e. The Kier molecular flexibility index (Phi) is 4.22. The zero-order valence-electron chi connectivity index (χ0n) is 12.2. The molecule has 2 N–H and O–H groups in total. The summed E-state index contributed by atoms with van der Waals surface area (Å²) in [6.45, 7) is 0. The standard InChI is InChI=1S/C17H8F4O3S/c18-9-5-7(1-2-11(9)22)12-3-4-13(25-12)16(23)8-6-10(19)15(21)17(24)14(8)20/h1-6,22,24H. The number of ketones is 1. The van der Waals surface area contributed by atoms with Crippen LogP contribution in [0, 0.1) is 23.3 Å². The van der Waals surface area contributed by atoms with Crippen molar-refractivity contribution in [1.29, 1.82) is 0 Å². The molecule has 0 radical (unpaired) electrons. The van der Waals surface area contributed by atoms with E-state index in [1.807, 2.05) is 0 Å². The van der Waals surface area contributed by atoms with Gasteiger partial charge in [-0.05, 0) is 42.0 Å². The van der Waals surface area contributed by atoms with Crippen LogP contribution in [0.3, 0.4) is 0 Å². The van der Waals surface area contributed by atoms with E-state index in [-0.39, 0.29) is 4.88 Å². The van der Waals surface area contributed by atoms with Crippen LogP contribution in [0.25, 0.3) is 10.4 Å². The lowest BCUT2D eigenvalue weighted by atomic mass is 10.1. The van der Waals surface area contributed by atoms with E-state index in [2.05, 4.69) is 0 Å². The van der Waals surface area contributed by atoms with E-state index in [9.17, 15) is 32.6 Å². The molecule has 1 aromatic heterocycles. The molecule has 0 amide bonds. The third-order valence-electron chi connectivity index (χ3n) is 3.44. The molecule has 0 aliphatic carbocycles. The number of benzene rings is 2. The number of carbonyl (C=O) groups excluding carboxylic acids is 1. The average Bonchev–Trinajstić information content (AvgIpc) is 3.08. The van der Waals surface area contributed by atoms with E-state index in [1.165, 1.54) is 18.2 Å². The first kappa shape index (κ1) is 17.0. The molecular formula is C17H8F4O3S. The van der Waals surface area contributed by atoms with Crippen LogP contribution in [0.2, 0.25) is 0 Å². The Morgan fingerprint density at radius 2 is 1.60 bits per heavy atom. The quantitative estimate of drug-likeness (QED) is 0.403. The lowest BCUT2D eigenvalue weighted by molar-refractivity contribution is 0.103. The SMILES string of the molecule is O=C(c1ccc(-c2ccc(O)c(F)c2)s1)c1cc(F)c(F)c(O)c1F. The van der Waals surface area contributed by atoms with E-state index in [4.69, 9.17) is 0 Å². The molecule has 1 heterocycles. The number of rotatable bonds is 3. The highest BCUT2D eigenvalue weighted by Crippen LogP contribution is 2.33. The smallest absolute Gasteiger partial charge is 0.206 e. The molecule has 25 heavy (non-hydrogen) atoms. The maximum atomic E-state index is 13.9. The number of thiophene rings is 1. The lowest BCUT2D eigenvalue weighted by Crippen LogP contribution is -2.05. The minimum atomic E-state index is -1.78. The van der Waals surface area contributed by atoms with Crippen molar-refractivity contribution in [2.45, 2.75) is 0 Å².